The fourth-order valence-electron chi connectivity index (χ4n) is 3.39. The number of aliphatic hydroxyl groups excluding tert-OH is 1. The Morgan fingerprint density at radius 3 is 2.96 bits per heavy atom. The van der Waals surface area contributed by atoms with Gasteiger partial charge in [0.05, 0.1) is 24.3 Å². The van der Waals surface area contributed by atoms with Gasteiger partial charge in [-0.15, -0.1) is 0 Å². The summed E-state index contributed by atoms with van der Waals surface area (Å²) in [5.41, 5.74) is 3.02. The first kappa shape index (κ1) is 18.8. The van der Waals surface area contributed by atoms with E-state index < -0.39 is 12.1 Å². The lowest BCUT2D eigenvalue weighted by molar-refractivity contribution is -0.0140. The summed E-state index contributed by atoms with van der Waals surface area (Å²) in [4.78, 5) is 21.3. The number of benzene rings is 1. The Morgan fingerprint density at radius 1 is 1.29 bits per heavy atom. The summed E-state index contributed by atoms with van der Waals surface area (Å²) in [6.07, 6.45) is 2.15. The number of aliphatic hydroxyl groups is 1. The maximum absolute atomic E-state index is 12.8. The number of hydrogen-bond donors (Lipinski definition) is 2. The number of halogens is 1. The fourth-order valence-corrected chi connectivity index (χ4v) is 3.59. The number of carbonyl (C=O) groups is 1. The first-order chi connectivity index (χ1) is 13.6. The zero-order valence-corrected chi connectivity index (χ0v) is 15.9. The number of nitrogens with zero attached hydrogens (tertiary/aromatic N) is 2. The Bertz CT molecular complexity index is 1010. The van der Waals surface area contributed by atoms with E-state index in [0.717, 1.165) is 22.0 Å². The number of para-hydroxylation sites is 1. The van der Waals surface area contributed by atoms with E-state index in [1.807, 2.05) is 36.4 Å². The van der Waals surface area contributed by atoms with Crippen molar-refractivity contribution >= 4 is 28.4 Å². The molecule has 0 radical (unpaired) electrons. The second-order valence-electron chi connectivity index (χ2n) is 6.86. The predicted octanol–water partition coefficient (Wildman–Crippen LogP) is 2.75. The number of carbonyl (C=O) groups excluding carboxylic acids is 1. The number of nitrogens with one attached hydrogen (secondary N) is 1. The van der Waals surface area contributed by atoms with Crippen molar-refractivity contribution in [2.75, 3.05) is 13.2 Å². The molecule has 1 amide bonds. The van der Waals surface area contributed by atoms with Gasteiger partial charge in [-0.2, -0.15) is 0 Å². The number of amides is 1. The zero-order valence-electron chi connectivity index (χ0n) is 15.1. The van der Waals surface area contributed by atoms with Crippen LogP contribution in [0.1, 0.15) is 28.0 Å². The van der Waals surface area contributed by atoms with E-state index in [0.29, 0.717) is 36.9 Å². The van der Waals surface area contributed by atoms with Gasteiger partial charge in [-0.05, 0) is 48.2 Å². The molecule has 0 bridgehead atoms. The first-order valence-corrected chi connectivity index (χ1v) is 9.54. The number of fused-ring (bicyclic) bond motifs is 1. The third kappa shape index (κ3) is 4.14. The third-order valence-electron chi connectivity index (χ3n) is 4.86. The standard InChI is InChI=1S/C21H20ClN3O3/c22-20-10-13(5-7-23-20)9-14-11-17(24-16-4-2-1-3-15(14)16)21(27)25-18-12-28-8-6-19(18)26/h1-5,7,10-11,18-19,26H,6,8-9,12H2,(H,25,27)/t18-,19-/m0/s1. The average Bonchev–Trinajstić information content (AvgIpc) is 2.69. The molecule has 2 atom stereocenters. The van der Waals surface area contributed by atoms with Crippen LogP contribution in [0.3, 0.4) is 0 Å². The summed E-state index contributed by atoms with van der Waals surface area (Å²) in [5, 5.41) is 14.3. The summed E-state index contributed by atoms with van der Waals surface area (Å²) in [6.45, 7) is 0.795. The molecule has 0 aliphatic carbocycles. The highest BCUT2D eigenvalue weighted by Crippen LogP contribution is 2.22. The monoisotopic (exact) mass is 397 g/mol. The van der Waals surface area contributed by atoms with Gasteiger partial charge < -0.3 is 15.2 Å². The molecule has 1 saturated heterocycles. The lowest BCUT2D eigenvalue weighted by Gasteiger charge is -2.28. The fraction of sp³-hybridized carbons (Fsp3) is 0.286. The van der Waals surface area contributed by atoms with Gasteiger partial charge in [0.15, 0.2) is 0 Å². The highest BCUT2D eigenvalue weighted by Gasteiger charge is 2.26. The smallest absolute Gasteiger partial charge is 0.270 e. The molecule has 2 N–H and O–H groups in total. The van der Waals surface area contributed by atoms with Gasteiger partial charge in [-0.3, -0.25) is 4.79 Å². The molecule has 1 aliphatic rings. The molecule has 2 aromatic heterocycles. The lowest BCUT2D eigenvalue weighted by Crippen LogP contribution is -2.49. The molecule has 0 saturated carbocycles. The predicted molar refractivity (Wildman–Crippen MR) is 106 cm³/mol. The van der Waals surface area contributed by atoms with Gasteiger partial charge in [0, 0.05) is 18.2 Å². The maximum Gasteiger partial charge on any atom is 0.270 e. The van der Waals surface area contributed by atoms with Gasteiger partial charge in [-0.25, -0.2) is 9.97 Å². The third-order valence-corrected chi connectivity index (χ3v) is 5.06. The van der Waals surface area contributed by atoms with Gasteiger partial charge >= 0.3 is 0 Å². The van der Waals surface area contributed by atoms with Crippen molar-refractivity contribution in [2.45, 2.75) is 25.0 Å². The Morgan fingerprint density at radius 2 is 2.14 bits per heavy atom. The summed E-state index contributed by atoms with van der Waals surface area (Å²) >= 11 is 6.01. The van der Waals surface area contributed by atoms with Gasteiger partial charge in [0.25, 0.3) is 5.91 Å². The number of pyridine rings is 2. The molecular weight excluding hydrogens is 378 g/mol. The van der Waals surface area contributed by atoms with Gasteiger partial charge in [-0.1, -0.05) is 29.8 Å². The molecule has 4 rings (SSSR count). The van der Waals surface area contributed by atoms with E-state index in [-0.39, 0.29) is 5.91 Å². The highest BCUT2D eigenvalue weighted by molar-refractivity contribution is 6.29. The molecule has 7 heteroatoms. The number of hydrogen-bond acceptors (Lipinski definition) is 5. The summed E-state index contributed by atoms with van der Waals surface area (Å²) < 4.78 is 5.36. The van der Waals surface area contributed by atoms with Crippen molar-refractivity contribution in [3.63, 3.8) is 0 Å². The van der Waals surface area contributed by atoms with E-state index in [1.54, 1.807) is 12.3 Å². The Balaban J connectivity index is 1.66. The molecule has 3 heterocycles. The average molecular weight is 398 g/mol. The first-order valence-electron chi connectivity index (χ1n) is 9.16. The van der Waals surface area contributed by atoms with Crippen LogP contribution < -0.4 is 5.32 Å². The van der Waals surface area contributed by atoms with Crippen LogP contribution in [-0.2, 0) is 11.2 Å². The van der Waals surface area contributed by atoms with Crippen molar-refractivity contribution in [3.05, 3.63) is 70.6 Å². The molecule has 3 aromatic rings. The van der Waals surface area contributed by atoms with Crippen LogP contribution in [0.2, 0.25) is 5.15 Å². The molecule has 1 fully saturated rings. The van der Waals surface area contributed by atoms with E-state index in [9.17, 15) is 9.90 Å². The molecule has 1 aliphatic heterocycles. The van der Waals surface area contributed by atoms with E-state index in [2.05, 4.69) is 15.3 Å². The van der Waals surface area contributed by atoms with Crippen molar-refractivity contribution in [1.82, 2.24) is 15.3 Å². The maximum atomic E-state index is 12.8. The van der Waals surface area contributed by atoms with Gasteiger partial charge in [0.1, 0.15) is 10.8 Å². The second kappa shape index (κ2) is 8.22. The summed E-state index contributed by atoms with van der Waals surface area (Å²) in [6, 6.07) is 12.8. The van der Waals surface area contributed by atoms with Crippen LogP contribution in [0.5, 0.6) is 0 Å². The minimum Gasteiger partial charge on any atom is -0.391 e. The quantitative estimate of drug-likeness (QED) is 0.661. The second-order valence-corrected chi connectivity index (χ2v) is 7.25. The SMILES string of the molecule is O=C(N[C@H]1COCC[C@@H]1O)c1cc(Cc2ccnc(Cl)c2)c2ccccc2n1. The normalized spacial score (nSPS) is 19.5. The zero-order chi connectivity index (χ0) is 19.5. The molecule has 0 unspecified atom stereocenters. The van der Waals surface area contributed by atoms with Crippen LogP contribution in [0.4, 0.5) is 0 Å². The highest BCUT2D eigenvalue weighted by atomic mass is 35.5. The summed E-state index contributed by atoms with van der Waals surface area (Å²) in [5.74, 6) is -0.325. The minimum absolute atomic E-state index is 0.295. The van der Waals surface area contributed by atoms with Crippen molar-refractivity contribution in [3.8, 4) is 0 Å². The Labute approximate surface area is 167 Å². The van der Waals surface area contributed by atoms with E-state index in [4.69, 9.17) is 16.3 Å². The molecular formula is C21H20ClN3O3. The number of rotatable bonds is 4. The van der Waals surface area contributed by atoms with Crippen LogP contribution in [0, 0.1) is 0 Å². The van der Waals surface area contributed by atoms with E-state index >= 15 is 0 Å². The number of aromatic nitrogens is 2. The summed E-state index contributed by atoms with van der Waals surface area (Å²) in [7, 11) is 0. The Kier molecular flexibility index (Phi) is 5.52. The van der Waals surface area contributed by atoms with Crippen molar-refractivity contribution in [1.29, 1.82) is 0 Å². The topological polar surface area (TPSA) is 84.3 Å². The lowest BCUT2D eigenvalue weighted by atomic mass is 10.0. The number of ether oxygens (including phenoxy) is 1. The van der Waals surface area contributed by atoms with Crippen LogP contribution in [-0.4, -0.2) is 46.3 Å². The van der Waals surface area contributed by atoms with Crippen LogP contribution in [0.15, 0.2) is 48.7 Å². The Hall–Kier alpha value is -2.54. The van der Waals surface area contributed by atoms with Crippen molar-refractivity contribution in [2.24, 2.45) is 0 Å². The molecule has 0 spiro atoms. The molecule has 28 heavy (non-hydrogen) atoms. The molecule has 1 aromatic carbocycles. The minimum atomic E-state index is -0.614. The van der Waals surface area contributed by atoms with E-state index in [1.165, 1.54) is 0 Å². The molecule has 6 nitrogen and oxygen atoms in total. The largest absolute Gasteiger partial charge is 0.391 e. The molecule has 144 valence electrons. The van der Waals surface area contributed by atoms with Crippen LogP contribution in [0.25, 0.3) is 10.9 Å². The van der Waals surface area contributed by atoms with Crippen LogP contribution >= 0.6 is 11.6 Å². The van der Waals surface area contributed by atoms with Gasteiger partial charge in [0.2, 0.25) is 0 Å². The van der Waals surface area contributed by atoms with Crippen molar-refractivity contribution < 1.29 is 14.6 Å².